The van der Waals surface area contributed by atoms with Gasteiger partial charge in [0.1, 0.15) is 12.6 Å². The first-order valence-electron chi connectivity index (χ1n) is 8.59. The molecule has 2 heterocycles. The van der Waals surface area contributed by atoms with E-state index in [1.165, 1.54) is 55.1 Å². The van der Waals surface area contributed by atoms with Crippen molar-refractivity contribution in [2.75, 3.05) is 19.6 Å². The van der Waals surface area contributed by atoms with Crippen molar-refractivity contribution < 1.29 is 24.4 Å². The van der Waals surface area contributed by atoms with Crippen LogP contribution in [0.5, 0.6) is 0 Å². The van der Waals surface area contributed by atoms with Gasteiger partial charge >= 0.3 is 12.1 Å². The SMILES string of the molecule is C1CCNC1.O=C(O)[C@H]1CCCN1C(=O)OCc1ccc([N+](=O)[O-])cc1. The van der Waals surface area contributed by atoms with Crippen molar-refractivity contribution in [1.82, 2.24) is 10.2 Å². The first-order chi connectivity index (χ1) is 12.5. The molecule has 1 aromatic rings. The lowest BCUT2D eigenvalue weighted by Gasteiger charge is -2.20. The minimum Gasteiger partial charge on any atom is -0.480 e. The fraction of sp³-hybridized carbons (Fsp3) is 0.529. The molecule has 26 heavy (non-hydrogen) atoms. The number of aliphatic carboxylic acids is 1. The van der Waals surface area contributed by atoms with Crippen LogP contribution in [-0.4, -0.2) is 52.7 Å². The zero-order valence-electron chi connectivity index (χ0n) is 14.4. The number of nitrogens with zero attached hydrogens (tertiary/aromatic N) is 2. The second-order valence-electron chi connectivity index (χ2n) is 6.12. The lowest BCUT2D eigenvalue weighted by atomic mass is 10.2. The maximum absolute atomic E-state index is 11.8. The van der Waals surface area contributed by atoms with Gasteiger partial charge in [0.2, 0.25) is 0 Å². The number of benzene rings is 1. The molecule has 1 atom stereocenters. The summed E-state index contributed by atoms with van der Waals surface area (Å²) in [4.78, 5) is 34.0. The molecule has 9 heteroatoms. The number of nitrogens with one attached hydrogen (secondary N) is 1. The Balaban J connectivity index is 0.000000417. The largest absolute Gasteiger partial charge is 0.480 e. The molecule has 0 bridgehead atoms. The lowest BCUT2D eigenvalue weighted by molar-refractivity contribution is -0.384. The molecule has 0 saturated carbocycles. The summed E-state index contributed by atoms with van der Waals surface area (Å²) in [5.41, 5.74) is 0.551. The van der Waals surface area contributed by atoms with Crippen LogP contribution in [0.15, 0.2) is 24.3 Å². The molecule has 0 aromatic heterocycles. The van der Waals surface area contributed by atoms with Gasteiger partial charge in [0, 0.05) is 18.7 Å². The van der Waals surface area contributed by atoms with Crippen molar-refractivity contribution in [3.8, 4) is 0 Å². The number of rotatable bonds is 4. The highest BCUT2D eigenvalue weighted by atomic mass is 16.6. The molecule has 2 fully saturated rings. The minimum absolute atomic E-state index is 0.0458. The number of nitro groups is 1. The maximum Gasteiger partial charge on any atom is 0.410 e. The fourth-order valence-corrected chi connectivity index (χ4v) is 2.81. The average Bonchev–Trinajstić information content (AvgIpc) is 3.33. The second kappa shape index (κ2) is 9.71. The Morgan fingerprint density at radius 3 is 2.38 bits per heavy atom. The molecule has 0 aliphatic carbocycles. The summed E-state index contributed by atoms with van der Waals surface area (Å²) in [5, 5.41) is 22.7. The van der Waals surface area contributed by atoms with E-state index < -0.39 is 23.0 Å². The number of hydrogen-bond acceptors (Lipinski definition) is 6. The summed E-state index contributed by atoms with van der Waals surface area (Å²) in [6.07, 6.45) is 3.14. The number of hydrogen-bond donors (Lipinski definition) is 2. The zero-order chi connectivity index (χ0) is 18.9. The summed E-state index contributed by atoms with van der Waals surface area (Å²) in [7, 11) is 0. The molecule has 2 aliphatic heterocycles. The van der Waals surface area contributed by atoms with E-state index in [1.54, 1.807) is 0 Å². The number of carboxylic acid groups (broad SMARTS) is 1. The third-order valence-electron chi connectivity index (χ3n) is 4.24. The van der Waals surface area contributed by atoms with Crippen LogP contribution in [0.4, 0.5) is 10.5 Å². The van der Waals surface area contributed by atoms with E-state index >= 15 is 0 Å². The predicted molar refractivity (Wildman–Crippen MR) is 92.7 cm³/mol. The molecule has 2 aliphatic rings. The molecule has 3 rings (SSSR count). The third kappa shape index (κ3) is 5.69. The van der Waals surface area contributed by atoms with Crippen LogP contribution >= 0.6 is 0 Å². The molecular formula is C17H23N3O6. The lowest BCUT2D eigenvalue weighted by Crippen LogP contribution is -2.40. The Kier molecular flexibility index (Phi) is 7.34. The van der Waals surface area contributed by atoms with Crippen molar-refractivity contribution in [1.29, 1.82) is 0 Å². The maximum atomic E-state index is 11.8. The van der Waals surface area contributed by atoms with E-state index in [0.717, 1.165) is 0 Å². The fourth-order valence-electron chi connectivity index (χ4n) is 2.81. The number of carboxylic acids is 1. The van der Waals surface area contributed by atoms with Crippen LogP contribution in [0, 0.1) is 10.1 Å². The van der Waals surface area contributed by atoms with Gasteiger partial charge in [0.15, 0.2) is 0 Å². The molecule has 0 spiro atoms. The molecule has 0 unspecified atom stereocenters. The topological polar surface area (TPSA) is 122 Å². The van der Waals surface area contributed by atoms with Crippen molar-refractivity contribution in [2.24, 2.45) is 0 Å². The van der Waals surface area contributed by atoms with Crippen molar-refractivity contribution >= 4 is 17.7 Å². The van der Waals surface area contributed by atoms with Gasteiger partial charge in [0.05, 0.1) is 4.92 Å². The van der Waals surface area contributed by atoms with Gasteiger partial charge in [-0.3, -0.25) is 15.0 Å². The molecule has 9 nitrogen and oxygen atoms in total. The standard InChI is InChI=1S/C13H14N2O6.C4H9N/c16-12(17)11-2-1-7-14(11)13(18)21-8-9-3-5-10(6-4-9)15(19)20;1-2-4-5-3-1/h3-6,11H,1-2,7-8H2,(H,16,17);5H,1-4H2/t11-;/m1./s1. The van der Waals surface area contributed by atoms with Crippen LogP contribution in [0.3, 0.4) is 0 Å². The van der Waals surface area contributed by atoms with Crippen LogP contribution in [-0.2, 0) is 16.1 Å². The summed E-state index contributed by atoms with van der Waals surface area (Å²) in [6, 6.07) is 4.78. The van der Waals surface area contributed by atoms with Gasteiger partial charge in [0.25, 0.3) is 5.69 Å². The number of ether oxygens (including phenoxy) is 1. The second-order valence-corrected chi connectivity index (χ2v) is 6.12. The molecule has 2 saturated heterocycles. The van der Waals surface area contributed by atoms with E-state index in [0.29, 0.717) is 24.9 Å². The van der Waals surface area contributed by atoms with Crippen LogP contribution in [0.25, 0.3) is 0 Å². The monoisotopic (exact) mass is 365 g/mol. The van der Waals surface area contributed by atoms with E-state index in [-0.39, 0.29) is 12.3 Å². The molecular weight excluding hydrogens is 342 g/mol. The van der Waals surface area contributed by atoms with Gasteiger partial charge in [-0.25, -0.2) is 9.59 Å². The molecule has 0 radical (unpaired) electrons. The molecule has 1 amide bonds. The van der Waals surface area contributed by atoms with Gasteiger partial charge < -0.3 is 15.2 Å². The van der Waals surface area contributed by atoms with Crippen LogP contribution < -0.4 is 5.32 Å². The first kappa shape index (κ1) is 19.6. The van der Waals surface area contributed by atoms with Gasteiger partial charge in [-0.1, -0.05) is 0 Å². The Bertz CT molecular complexity index is 622. The highest BCUT2D eigenvalue weighted by molar-refractivity contribution is 5.80. The van der Waals surface area contributed by atoms with E-state index in [2.05, 4.69) is 5.32 Å². The predicted octanol–water partition coefficient (Wildman–Crippen LogP) is 2.15. The number of non-ortho nitro benzene ring substituents is 1. The smallest absolute Gasteiger partial charge is 0.410 e. The highest BCUT2D eigenvalue weighted by Gasteiger charge is 2.34. The van der Waals surface area contributed by atoms with Gasteiger partial charge in [-0.2, -0.15) is 0 Å². The Labute approximate surface area is 151 Å². The van der Waals surface area contributed by atoms with E-state index in [9.17, 15) is 19.7 Å². The number of amides is 1. The summed E-state index contributed by atoms with van der Waals surface area (Å²) in [6.45, 7) is 2.80. The van der Waals surface area contributed by atoms with Crippen LogP contribution in [0.2, 0.25) is 0 Å². The Morgan fingerprint density at radius 1 is 1.23 bits per heavy atom. The molecule has 1 aromatic carbocycles. The third-order valence-corrected chi connectivity index (χ3v) is 4.24. The summed E-state index contributed by atoms with van der Waals surface area (Å²) < 4.78 is 5.05. The Morgan fingerprint density at radius 2 is 1.88 bits per heavy atom. The number of carbonyl (C=O) groups excluding carboxylic acids is 1. The normalized spacial score (nSPS) is 18.8. The number of carbonyl (C=O) groups is 2. The van der Waals surface area contributed by atoms with Gasteiger partial charge in [-0.05, 0) is 56.5 Å². The quantitative estimate of drug-likeness (QED) is 0.619. The van der Waals surface area contributed by atoms with Crippen molar-refractivity contribution in [2.45, 2.75) is 38.3 Å². The summed E-state index contributed by atoms with van der Waals surface area (Å²) in [5.74, 6) is -1.04. The van der Waals surface area contributed by atoms with Crippen molar-refractivity contribution in [3.05, 3.63) is 39.9 Å². The number of likely N-dealkylation sites (tertiary alicyclic amines) is 1. The first-order valence-corrected chi connectivity index (χ1v) is 8.59. The molecule has 2 N–H and O–H groups in total. The van der Waals surface area contributed by atoms with Gasteiger partial charge in [-0.15, -0.1) is 0 Å². The molecule has 142 valence electrons. The average molecular weight is 365 g/mol. The minimum atomic E-state index is -1.04. The zero-order valence-corrected chi connectivity index (χ0v) is 14.4. The van der Waals surface area contributed by atoms with E-state index in [1.807, 2.05) is 0 Å². The Hall–Kier alpha value is -2.68. The number of nitro benzene ring substituents is 1. The van der Waals surface area contributed by atoms with E-state index in [4.69, 9.17) is 9.84 Å². The highest BCUT2D eigenvalue weighted by Crippen LogP contribution is 2.19. The van der Waals surface area contributed by atoms with Crippen LogP contribution in [0.1, 0.15) is 31.2 Å². The summed E-state index contributed by atoms with van der Waals surface area (Å²) >= 11 is 0. The van der Waals surface area contributed by atoms with Crippen molar-refractivity contribution in [3.63, 3.8) is 0 Å².